The van der Waals surface area contributed by atoms with Crippen LogP contribution in [-0.2, 0) is 20.9 Å². The molecule has 1 amide bonds. The van der Waals surface area contributed by atoms with Crippen molar-refractivity contribution in [3.8, 4) is 0 Å². The first kappa shape index (κ1) is 14.8. The number of fused-ring (bicyclic) bond motifs is 2. The average Bonchev–Trinajstić information content (AvgIpc) is 3.10. The molecule has 2 unspecified atom stereocenters. The van der Waals surface area contributed by atoms with Crippen molar-refractivity contribution >= 4 is 12.1 Å². The predicted molar refractivity (Wildman–Crippen MR) is 77.2 cm³/mol. The molecule has 2 fully saturated rings. The van der Waals surface area contributed by atoms with Gasteiger partial charge in [-0.15, -0.1) is 0 Å². The second-order valence-corrected chi connectivity index (χ2v) is 6.15. The Balaban J connectivity index is 1.47. The molecule has 2 N–H and O–H groups in total. The Labute approximate surface area is 128 Å². The van der Waals surface area contributed by atoms with Gasteiger partial charge in [-0.3, -0.25) is 4.79 Å². The first-order chi connectivity index (χ1) is 10.5. The van der Waals surface area contributed by atoms with E-state index in [-0.39, 0.29) is 19.8 Å². The summed E-state index contributed by atoms with van der Waals surface area (Å²) in [5.41, 5.74) is -0.404. The third kappa shape index (κ3) is 2.78. The van der Waals surface area contributed by atoms with E-state index in [0.29, 0.717) is 19.3 Å². The number of rotatable bonds is 5. The molecule has 1 heterocycles. The third-order valence-electron chi connectivity index (χ3n) is 4.60. The summed E-state index contributed by atoms with van der Waals surface area (Å²) in [5, 5.41) is 12.0. The van der Waals surface area contributed by atoms with Crippen molar-refractivity contribution in [1.82, 2.24) is 5.32 Å². The van der Waals surface area contributed by atoms with Crippen LogP contribution in [0.4, 0.5) is 4.79 Å². The lowest BCUT2D eigenvalue weighted by atomic mass is 9.88. The number of aliphatic carboxylic acids is 1. The highest BCUT2D eigenvalue weighted by atomic mass is 16.5. The maximum atomic E-state index is 11.8. The van der Waals surface area contributed by atoms with Crippen LogP contribution in [0, 0.1) is 5.41 Å². The van der Waals surface area contributed by atoms with Crippen molar-refractivity contribution in [1.29, 1.82) is 0 Å². The predicted octanol–water partition coefficient (Wildman–Crippen LogP) is 1.94. The van der Waals surface area contributed by atoms with Crippen LogP contribution in [0.1, 0.15) is 24.8 Å². The van der Waals surface area contributed by atoms with Crippen LogP contribution in [0.15, 0.2) is 30.3 Å². The molecule has 6 heteroatoms. The molecule has 3 rings (SSSR count). The Morgan fingerprint density at radius 3 is 2.64 bits per heavy atom. The molecule has 2 atom stereocenters. The molecule has 22 heavy (non-hydrogen) atoms. The number of nitrogens with one attached hydrogen (secondary N) is 1. The van der Waals surface area contributed by atoms with Gasteiger partial charge in [-0.05, 0) is 24.8 Å². The number of carbonyl (C=O) groups excluding carboxylic acids is 1. The number of carboxylic acids is 1. The number of amides is 1. The molecule has 118 valence electrons. The lowest BCUT2D eigenvalue weighted by Gasteiger charge is -2.27. The normalized spacial score (nSPS) is 29.3. The van der Waals surface area contributed by atoms with Crippen molar-refractivity contribution in [2.75, 3.05) is 13.2 Å². The lowest BCUT2D eigenvalue weighted by molar-refractivity contribution is -0.150. The number of hydrogen-bond donors (Lipinski definition) is 2. The molecule has 6 nitrogen and oxygen atoms in total. The Morgan fingerprint density at radius 2 is 2.05 bits per heavy atom. The molecule has 1 aromatic carbocycles. The lowest BCUT2D eigenvalue weighted by Crippen LogP contribution is -2.41. The van der Waals surface area contributed by atoms with Gasteiger partial charge in [0.05, 0.1) is 17.6 Å². The molecular weight excluding hydrogens is 286 g/mol. The molecule has 2 bridgehead atoms. The number of carbonyl (C=O) groups is 2. The SMILES string of the molecule is O=C(NCC12CCC(C(=O)O)(CO1)C2)OCc1ccccc1. The van der Waals surface area contributed by atoms with E-state index in [1.807, 2.05) is 30.3 Å². The fourth-order valence-corrected chi connectivity index (χ4v) is 3.25. The van der Waals surface area contributed by atoms with Crippen molar-refractivity contribution in [3.63, 3.8) is 0 Å². The van der Waals surface area contributed by atoms with Gasteiger partial charge in [0, 0.05) is 6.54 Å². The quantitative estimate of drug-likeness (QED) is 0.868. The van der Waals surface area contributed by atoms with Crippen molar-refractivity contribution in [3.05, 3.63) is 35.9 Å². The molecule has 1 aromatic rings. The summed E-state index contributed by atoms with van der Waals surface area (Å²) in [7, 11) is 0. The van der Waals surface area contributed by atoms with Crippen LogP contribution >= 0.6 is 0 Å². The zero-order valence-corrected chi connectivity index (χ0v) is 12.2. The van der Waals surface area contributed by atoms with Crippen molar-refractivity contribution in [2.24, 2.45) is 5.41 Å². The Bertz CT molecular complexity index is 563. The summed E-state index contributed by atoms with van der Waals surface area (Å²) in [4.78, 5) is 23.1. The van der Waals surface area contributed by atoms with E-state index < -0.39 is 23.1 Å². The van der Waals surface area contributed by atoms with Crippen LogP contribution in [0.25, 0.3) is 0 Å². The van der Waals surface area contributed by atoms with E-state index in [1.54, 1.807) is 0 Å². The van der Waals surface area contributed by atoms with E-state index in [2.05, 4.69) is 5.32 Å². The van der Waals surface area contributed by atoms with E-state index >= 15 is 0 Å². The van der Waals surface area contributed by atoms with Crippen LogP contribution in [-0.4, -0.2) is 35.9 Å². The van der Waals surface area contributed by atoms with Gasteiger partial charge in [-0.1, -0.05) is 30.3 Å². The highest BCUT2D eigenvalue weighted by Gasteiger charge is 2.59. The zero-order chi connectivity index (χ0) is 15.6. The Morgan fingerprint density at radius 1 is 1.27 bits per heavy atom. The maximum Gasteiger partial charge on any atom is 0.407 e. The van der Waals surface area contributed by atoms with Crippen molar-refractivity contribution < 1.29 is 24.2 Å². The number of ether oxygens (including phenoxy) is 2. The standard InChI is InChI=1S/C16H19NO5/c18-13(19)15-6-7-16(9-15,22-11-15)10-17-14(20)21-8-12-4-2-1-3-5-12/h1-5H,6-11H2,(H,17,20)(H,18,19). The molecule has 0 aromatic heterocycles. The fourth-order valence-electron chi connectivity index (χ4n) is 3.25. The molecule has 1 saturated heterocycles. The van der Waals surface area contributed by atoms with Gasteiger partial charge in [0.25, 0.3) is 0 Å². The summed E-state index contributed by atoms with van der Waals surface area (Å²) in [6.07, 6.45) is 1.19. The number of carboxylic acid groups (broad SMARTS) is 1. The van der Waals surface area contributed by atoms with Gasteiger partial charge in [0.1, 0.15) is 6.61 Å². The Kier molecular flexibility index (Phi) is 3.78. The minimum Gasteiger partial charge on any atom is -0.481 e. The summed E-state index contributed by atoms with van der Waals surface area (Å²) in [6.45, 7) is 0.721. The molecule has 0 radical (unpaired) electrons. The first-order valence-corrected chi connectivity index (χ1v) is 7.36. The second-order valence-electron chi connectivity index (χ2n) is 6.15. The summed E-state index contributed by atoms with van der Waals surface area (Å²) >= 11 is 0. The van der Waals surface area contributed by atoms with Crippen LogP contribution in [0.3, 0.4) is 0 Å². The minimum absolute atomic E-state index is 0.208. The van der Waals surface area contributed by atoms with E-state index in [4.69, 9.17) is 9.47 Å². The zero-order valence-electron chi connectivity index (χ0n) is 12.2. The molecule has 2 aliphatic rings. The highest BCUT2D eigenvalue weighted by Crippen LogP contribution is 2.52. The molecule has 0 spiro atoms. The van der Waals surface area contributed by atoms with Gasteiger partial charge < -0.3 is 19.9 Å². The fraction of sp³-hybridized carbons (Fsp3) is 0.500. The van der Waals surface area contributed by atoms with E-state index in [0.717, 1.165) is 5.56 Å². The molecule has 1 aliphatic heterocycles. The van der Waals surface area contributed by atoms with Crippen LogP contribution < -0.4 is 5.32 Å². The molecule has 1 aliphatic carbocycles. The summed E-state index contributed by atoms with van der Waals surface area (Å²) in [5.74, 6) is -0.807. The molecule has 1 saturated carbocycles. The maximum absolute atomic E-state index is 11.8. The van der Waals surface area contributed by atoms with E-state index in [9.17, 15) is 14.7 Å². The van der Waals surface area contributed by atoms with Crippen molar-refractivity contribution in [2.45, 2.75) is 31.5 Å². The topological polar surface area (TPSA) is 84.9 Å². The van der Waals surface area contributed by atoms with Crippen LogP contribution in [0.5, 0.6) is 0 Å². The van der Waals surface area contributed by atoms with Gasteiger partial charge in [-0.25, -0.2) is 4.79 Å². The number of benzene rings is 1. The smallest absolute Gasteiger partial charge is 0.407 e. The van der Waals surface area contributed by atoms with Gasteiger partial charge in [0.15, 0.2) is 0 Å². The van der Waals surface area contributed by atoms with Gasteiger partial charge >= 0.3 is 12.1 Å². The monoisotopic (exact) mass is 305 g/mol. The molecular formula is C16H19NO5. The van der Waals surface area contributed by atoms with Crippen LogP contribution in [0.2, 0.25) is 0 Å². The summed E-state index contributed by atoms with van der Waals surface area (Å²) < 4.78 is 10.8. The van der Waals surface area contributed by atoms with E-state index in [1.165, 1.54) is 0 Å². The Hall–Kier alpha value is -2.08. The number of hydrogen-bond acceptors (Lipinski definition) is 4. The minimum atomic E-state index is -0.807. The largest absolute Gasteiger partial charge is 0.481 e. The van der Waals surface area contributed by atoms with Gasteiger partial charge in [-0.2, -0.15) is 0 Å². The highest BCUT2D eigenvalue weighted by molar-refractivity contribution is 5.76. The first-order valence-electron chi connectivity index (χ1n) is 7.36. The average molecular weight is 305 g/mol. The second kappa shape index (κ2) is 5.61. The van der Waals surface area contributed by atoms with Gasteiger partial charge in [0.2, 0.25) is 0 Å². The number of alkyl carbamates (subject to hydrolysis) is 1. The summed E-state index contributed by atoms with van der Waals surface area (Å²) in [6, 6.07) is 9.42. The third-order valence-corrected chi connectivity index (χ3v) is 4.60.